The lowest BCUT2D eigenvalue weighted by Crippen LogP contribution is -2.37. The zero-order valence-electron chi connectivity index (χ0n) is 20.2. The fourth-order valence-electron chi connectivity index (χ4n) is 4.54. The van der Waals surface area contributed by atoms with Crippen molar-refractivity contribution in [1.29, 1.82) is 0 Å². The molecule has 0 radical (unpaired) electrons. The van der Waals surface area contributed by atoms with Crippen LogP contribution in [0.4, 0.5) is 0 Å². The molecule has 1 aliphatic carbocycles. The molecule has 2 fully saturated rings. The Bertz CT molecular complexity index is 1340. The van der Waals surface area contributed by atoms with Gasteiger partial charge in [0.15, 0.2) is 11.2 Å². The van der Waals surface area contributed by atoms with E-state index in [9.17, 15) is 0 Å². The van der Waals surface area contributed by atoms with Crippen molar-refractivity contribution in [3.8, 4) is 23.1 Å². The van der Waals surface area contributed by atoms with E-state index in [2.05, 4.69) is 50.8 Å². The highest BCUT2D eigenvalue weighted by Gasteiger charge is 2.41. The Kier molecular flexibility index (Phi) is 5.60. The largest absolute Gasteiger partial charge is 0.473 e. The van der Waals surface area contributed by atoms with Crippen LogP contribution in [0.25, 0.3) is 22.6 Å². The van der Waals surface area contributed by atoms with E-state index in [-0.39, 0.29) is 11.7 Å². The quantitative estimate of drug-likeness (QED) is 0.431. The summed E-state index contributed by atoms with van der Waals surface area (Å²) < 4.78 is 14.5. The first-order valence-corrected chi connectivity index (χ1v) is 12.4. The third-order valence-electron chi connectivity index (χ3n) is 6.84. The summed E-state index contributed by atoms with van der Waals surface area (Å²) in [5, 5.41) is 3.39. The maximum Gasteiger partial charge on any atom is 0.245 e. The van der Waals surface area contributed by atoms with Crippen LogP contribution in [-0.2, 0) is 6.54 Å². The molecule has 1 N–H and O–H groups in total. The van der Waals surface area contributed by atoms with Crippen molar-refractivity contribution >= 4 is 11.2 Å². The highest BCUT2D eigenvalue weighted by Crippen LogP contribution is 2.41. The molecule has 1 saturated carbocycles. The molecule has 3 aromatic heterocycles. The van der Waals surface area contributed by atoms with Crippen LogP contribution in [0.3, 0.4) is 0 Å². The molecule has 0 amide bonds. The maximum absolute atomic E-state index is 6.25. The van der Waals surface area contributed by atoms with Gasteiger partial charge in [-0.25, -0.2) is 15.0 Å². The lowest BCUT2D eigenvalue weighted by atomic mass is 10.1. The van der Waals surface area contributed by atoms with Gasteiger partial charge in [0, 0.05) is 24.4 Å². The number of aromatic nitrogens is 5. The number of nitrogens with zero attached hydrogens (tertiary/aromatic N) is 5. The minimum atomic E-state index is -0.158. The van der Waals surface area contributed by atoms with Gasteiger partial charge in [0.05, 0.1) is 6.54 Å². The molecule has 0 spiro atoms. The Labute approximate surface area is 204 Å². The summed E-state index contributed by atoms with van der Waals surface area (Å²) in [7, 11) is 0. The predicted octanol–water partition coefficient (Wildman–Crippen LogP) is 4.31. The second-order valence-corrected chi connectivity index (χ2v) is 9.83. The number of fused-ring (bicyclic) bond motifs is 1. The van der Waals surface area contributed by atoms with Crippen molar-refractivity contribution in [2.24, 2.45) is 0 Å². The first kappa shape index (κ1) is 22.0. The zero-order chi connectivity index (χ0) is 23.8. The van der Waals surface area contributed by atoms with Crippen molar-refractivity contribution in [1.82, 2.24) is 29.8 Å². The van der Waals surface area contributed by atoms with Crippen LogP contribution >= 0.6 is 0 Å². The molecule has 8 heteroatoms. The predicted molar refractivity (Wildman–Crippen MR) is 134 cm³/mol. The molecule has 1 aromatic carbocycles. The Morgan fingerprint density at radius 2 is 2.00 bits per heavy atom. The SMILES string of the molecule is Cc1cc(O[C@H]2CCCNC2)ncc1-c1nc2c(OC3(C)CC3)ncnc2n1Cc1ccccc1. The van der Waals surface area contributed by atoms with Crippen molar-refractivity contribution in [3.63, 3.8) is 0 Å². The van der Waals surface area contributed by atoms with E-state index in [4.69, 9.17) is 14.5 Å². The number of nitrogens with one attached hydrogen (secondary N) is 1. The molecule has 0 bridgehead atoms. The van der Waals surface area contributed by atoms with Crippen LogP contribution in [0.5, 0.6) is 11.8 Å². The summed E-state index contributed by atoms with van der Waals surface area (Å²) in [6, 6.07) is 12.3. The highest BCUT2D eigenvalue weighted by molar-refractivity contribution is 5.82. The van der Waals surface area contributed by atoms with Crippen LogP contribution in [0.15, 0.2) is 48.9 Å². The third kappa shape index (κ3) is 4.58. The van der Waals surface area contributed by atoms with Crippen molar-refractivity contribution in [2.75, 3.05) is 13.1 Å². The Morgan fingerprint density at radius 3 is 2.74 bits per heavy atom. The Hall–Kier alpha value is -3.52. The lowest BCUT2D eigenvalue weighted by molar-refractivity contribution is 0.160. The number of piperidine rings is 1. The van der Waals surface area contributed by atoms with E-state index < -0.39 is 0 Å². The van der Waals surface area contributed by atoms with Crippen LogP contribution in [0.2, 0.25) is 0 Å². The molecule has 8 nitrogen and oxygen atoms in total. The van der Waals surface area contributed by atoms with Crippen molar-refractivity contribution in [2.45, 2.75) is 57.8 Å². The van der Waals surface area contributed by atoms with Crippen LogP contribution in [0.1, 0.15) is 43.7 Å². The van der Waals surface area contributed by atoms with Crippen LogP contribution < -0.4 is 14.8 Å². The molecule has 0 unspecified atom stereocenters. The molecular formula is C27H30N6O2. The summed E-state index contributed by atoms with van der Waals surface area (Å²) in [5.74, 6) is 1.99. The van der Waals surface area contributed by atoms with E-state index in [1.807, 2.05) is 30.5 Å². The first-order chi connectivity index (χ1) is 17.1. The third-order valence-corrected chi connectivity index (χ3v) is 6.84. The summed E-state index contributed by atoms with van der Waals surface area (Å²) >= 11 is 0. The molecular weight excluding hydrogens is 440 g/mol. The number of pyridine rings is 1. The minimum Gasteiger partial charge on any atom is -0.473 e. The number of aryl methyl sites for hydroxylation is 1. The topological polar surface area (TPSA) is 87.0 Å². The zero-order valence-corrected chi connectivity index (χ0v) is 20.2. The summed E-state index contributed by atoms with van der Waals surface area (Å²) in [4.78, 5) is 18.7. The molecule has 35 heavy (non-hydrogen) atoms. The molecule has 1 saturated heterocycles. The van der Waals surface area contributed by atoms with Gasteiger partial charge in [-0.05, 0) is 57.2 Å². The standard InChI is InChI=1S/C27H30N6O2/c1-18-13-22(34-20-9-6-12-28-14-20)29-15-21(18)24-32-23-25(33(24)16-19-7-4-3-5-8-19)30-17-31-26(23)35-27(2)10-11-27/h3-5,7-8,13,15,17,20,28H,6,9-12,14,16H2,1-2H3/t20-/m0/s1. The molecule has 2 aliphatic rings. The lowest BCUT2D eigenvalue weighted by Gasteiger charge is -2.23. The van der Waals surface area contributed by atoms with E-state index in [0.717, 1.165) is 61.4 Å². The molecule has 4 heterocycles. The second-order valence-electron chi connectivity index (χ2n) is 9.83. The molecule has 1 atom stereocenters. The normalized spacial score (nSPS) is 19.0. The van der Waals surface area contributed by atoms with Crippen molar-refractivity contribution < 1.29 is 9.47 Å². The van der Waals surface area contributed by atoms with E-state index in [1.54, 1.807) is 6.33 Å². The smallest absolute Gasteiger partial charge is 0.245 e. The summed E-state index contributed by atoms with van der Waals surface area (Å²) in [6.07, 6.45) is 7.80. The molecule has 6 rings (SSSR count). The van der Waals surface area contributed by atoms with Gasteiger partial charge in [-0.15, -0.1) is 0 Å². The number of ether oxygens (including phenoxy) is 2. The van der Waals surface area contributed by atoms with Crippen LogP contribution in [-0.4, -0.2) is 49.3 Å². The summed E-state index contributed by atoms with van der Waals surface area (Å²) in [5.41, 5.74) is 4.43. The first-order valence-electron chi connectivity index (χ1n) is 12.4. The van der Waals surface area contributed by atoms with Gasteiger partial charge < -0.3 is 19.4 Å². The maximum atomic E-state index is 6.25. The fourth-order valence-corrected chi connectivity index (χ4v) is 4.54. The monoisotopic (exact) mass is 470 g/mol. The van der Waals surface area contributed by atoms with E-state index in [0.29, 0.717) is 23.8 Å². The van der Waals surface area contributed by atoms with Gasteiger partial charge in [-0.3, -0.25) is 0 Å². The molecule has 1 aliphatic heterocycles. The minimum absolute atomic E-state index is 0.155. The summed E-state index contributed by atoms with van der Waals surface area (Å²) in [6.45, 7) is 6.72. The number of imidazole rings is 1. The Morgan fingerprint density at radius 1 is 1.14 bits per heavy atom. The van der Waals surface area contributed by atoms with Gasteiger partial charge in [-0.2, -0.15) is 4.98 Å². The average molecular weight is 471 g/mol. The highest BCUT2D eigenvalue weighted by atomic mass is 16.5. The number of rotatable bonds is 7. The number of benzene rings is 1. The van der Waals surface area contributed by atoms with Crippen molar-refractivity contribution in [3.05, 3.63) is 60.0 Å². The molecule has 180 valence electrons. The average Bonchev–Trinajstić information content (AvgIpc) is 3.49. The van der Waals surface area contributed by atoms with Crippen LogP contribution in [0, 0.1) is 6.92 Å². The Balaban J connectivity index is 1.41. The number of hydrogen-bond acceptors (Lipinski definition) is 7. The molecule has 4 aromatic rings. The van der Waals surface area contributed by atoms with Gasteiger partial charge in [0.2, 0.25) is 11.8 Å². The van der Waals surface area contributed by atoms with Gasteiger partial charge >= 0.3 is 0 Å². The second kappa shape index (κ2) is 8.92. The van der Waals surface area contributed by atoms with E-state index in [1.165, 1.54) is 5.56 Å². The number of hydrogen-bond donors (Lipinski definition) is 1. The van der Waals surface area contributed by atoms with Gasteiger partial charge in [0.1, 0.15) is 23.9 Å². The van der Waals surface area contributed by atoms with E-state index >= 15 is 0 Å². The van der Waals surface area contributed by atoms with Gasteiger partial charge in [-0.1, -0.05) is 30.3 Å². The fraction of sp³-hybridized carbons (Fsp3) is 0.407. The van der Waals surface area contributed by atoms with Gasteiger partial charge in [0.25, 0.3) is 0 Å².